The van der Waals surface area contributed by atoms with Gasteiger partial charge in [-0.1, -0.05) is 19.1 Å². The highest BCUT2D eigenvalue weighted by Crippen LogP contribution is 2.27. The van der Waals surface area contributed by atoms with Crippen LogP contribution >= 0.6 is 11.6 Å². The van der Waals surface area contributed by atoms with E-state index in [0.29, 0.717) is 11.3 Å². The lowest BCUT2D eigenvalue weighted by Gasteiger charge is -2.12. The lowest BCUT2D eigenvalue weighted by molar-refractivity contribution is 0.357. The molecule has 1 heterocycles. The van der Waals surface area contributed by atoms with Crippen LogP contribution in [0, 0.1) is 5.92 Å². The molecule has 2 rings (SSSR count). The Balaban J connectivity index is 1.87. The molecule has 1 nitrogen and oxygen atoms in total. The van der Waals surface area contributed by atoms with Crippen molar-refractivity contribution >= 4 is 11.6 Å². The van der Waals surface area contributed by atoms with E-state index in [1.807, 2.05) is 0 Å². The second-order valence-electron chi connectivity index (χ2n) is 5.20. The van der Waals surface area contributed by atoms with Gasteiger partial charge in [0.05, 0.1) is 6.61 Å². The Morgan fingerprint density at radius 3 is 2.94 bits per heavy atom. The summed E-state index contributed by atoms with van der Waals surface area (Å²) in [4.78, 5) is 0. The summed E-state index contributed by atoms with van der Waals surface area (Å²) in [5.74, 6) is 1.78. The van der Waals surface area contributed by atoms with Crippen LogP contribution in [-0.4, -0.2) is 12.0 Å². The van der Waals surface area contributed by atoms with E-state index in [9.17, 15) is 0 Å². The topological polar surface area (TPSA) is 9.23 Å². The predicted octanol–water partition coefficient (Wildman–Crippen LogP) is 4.21. The van der Waals surface area contributed by atoms with Gasteiger partial charge in [-0.15, -0.1) is 11.6 Å². The van der Waals surface area contributed by atoms with Gasteiger partial charge in [-0.3, -0.25) is 0 Å². The molecular formula is C15H21ClO. The molecule has 0 saturated carbocycles. The smallest absolute Gasteiger partial charge is 0.122 e. The zero-order chi connectivity index (χ0) is 12.3. The fourth-order valence-electron chi connectivity index (χ4n) is 2.48. The predicted molar refractivity (Wildman–Crippen MR) is 73.1 cm³/mol. The molecule has 1 aromatic rings. The summed E-state index contributed by atoms with van der Waals surface area (Å²) in [7, 11) is 0. The third kappa shape index (κ3) is 3.64. The molecular weight excluding hydrogens is 232 g/mol. The minimum absolute atomic E-state index is 0.290. The molecule has 0 bridgehead atoms. The number of fused-ring (bicyclic) bond motifs is 1. The molecule has 1 aliphatic rings. The molecule has 0 N–H and O–H groups in total. The largest absolute Gasteiger partial charge is 0.493 e. The van der Waals surface area contributed by atoms with Crippen molar-refractivity contribution in [2.75, 3.05) is 6.61 Å². The highest BCUT2D eigenvalue weighted by atomic mass is 35.5. The molecule has 0 spiro atoms. The summed E-state index contributed by atoms with van der Waals surface area (Å²) in [6.07, 6.45) is 4.54. The van der Waals surface area contributed by atoms with E-state index in [4.69, 9.17) is 16.3 Å². The van der Waals surface area contributed by atoms with Crippen LogP contribution in [0.25, 0.3) is 0 Å². The van der Waals surface area contributed by atoms with Gasteiger partial charge in [0.15, 0.2) is 0 Å². The Morgan fingerprint density at radius 1 is 1.35 bits per heavy atom. The number of alkyl halides is 1. The van der Waals surface area contributed by atoms with E-state index >= 15 is 0 Å². The van der Waals surface area contributed by atoms with E-state index in [-0.39, 0.29) is 0 Å². The van der Waals surface area contributed by atoms with Crippen molar-refractivity contribution in [3.05, 3.63) is 29.3 Å². The van der Waals surface area contributed by atoms with Crippen LogP contribution < -0.4 is 4.74 Å². The quantitative estimate of drug-likeness (QED) is 0.714. The van der Waals surface area contributed by atoms with Gasteiger partial charge in [-0.05, 0) is 49.3 Å². The van der Waals surface area contributed by atoms with Crippen molar-refractivity contribution in [1.82, 2.24) is 0 Å². The molecule has 0 aliphatic carbocycles. The van der Waals surface area contributed by atoms with Crippen LogP contribution in [-0.2, 0) is 12.8 Å². The van der Waals surface area contributed by atoms with E-state index in [0.717, 1.165) is 31.6 Å². The Hall–Kier alpha value is -0.690. The van der Waals surface area contributed by atoms with Gasteiger partial charge in [-0.2, -0.15) is 0 Å². The van der Waals surface area contributed by atoms with Gasteiger partial charge in [0, 0.05) is 11.8 Å². The van der Waals surface area contributed by atoms with Crippen molar-refractivity contribution in [3.63, 3.8) is 0 Å². The summed E-state index contributed by atoms with van der Waals surface area (Å²) in [6, 6.07) is 6.62. The van der Waals surface area contributed by atoms with Crippen molar-refractivity contribution in [2.24, 2.45) is 5.92 Å². The Bertz CT molecular complexity index is 373. The van der Waals surface area contributed by atoms with Crippen LogP contribution in [0.4, 0.5) is 0 Å². The van der Waals surface area contributed by atoms with Gasteiger partial charge in [0.1, 0.15) is 5.75 Å². The van der Waals surface area contributed by atoms with Crippen molar-refractivity contribution in [1.29, 1.82) is 0 Å². The lowest BCUT2D eigenvalue weighted by Crippen LogP contribution is -2.03. The highest BCUT2D eigenvalue weighted by Gasteiger charge is 2.12. The van der Waals surface area contributed by atoms with Gasteiger partial charge < -0.3 is 4.74 Å². The molecule has 1 aliphatic heterocycles. The van der Waals surface area contributed by atoms with Gasteiger partial charge in [-0.25, -0.2) is 0 Å². The number of rotatable bonds is 5. The monoisotopic (exact) mass is 252 g/mol. The molecule has 0 fully saturated rings. The maximum atomic E-state index is 6.01. The number of halogens is 1. The minimum Gasteiger partial charge on any atom is -0.493 e. The summed E-state index contributed by atoms with van der Waals surface area (Å²) in [5, 5.41) is 0.290. The molecule has 94 valence electrons. The lowest BCUT2D eigenvalue weighted by atomic mass is 9.96. The number of ether oxygens (including phenoxy) is 1. The Morgan fingerprint density at radius 2 is 2.18 bits per heavy atom. The average molecular weight is 253 g/mol. The molecule has 2 unspecified atom stereocenters. The molecule has 0 amide bonds. The van der Waals surface area contributed by atoms with Crippen LogP contribution in [0.5, 0.6) is 5.75 Å². The molecule has 17 heavy (non-hydrogen) atoms. The van der Waals surface area contributed by atoms with Crippen molar-refractivity contribution < 1.29 is 4.74 Å². The standard InChI is InChI=1S/C15H21ClO/c1-11(9-12(2)16)3-4-13-5-6-15-14(10-13)7-8-17-15/h5-6,10-12H,3-4,7-9H2,1-2H3. The molecule has 1 aromatic carbocycles. The van der Waals surface area contributed by atoms with Crippen molar-refractivity contribution in [2.45, 2.75) is 44.9 Å². The van der Waals surface area contributed by atoms with E-state index < -0.39 is 0 Å². The fraction of sp³-hybridized carbons (Fsp3) is 0.600. The normalized spacial score (nSPS) is 17.4. The maximum absolute atomic E-state index is 6.01. The summed E-state index contributed by atoms with van der Waals surface area (Å²) < 4.78 is 5.51. The van der Waals surface area contributed by atoms with Crippen LogP contribution in [0.1, 0.15) is 37.8 Å². The first kappa shape index (κ1) is 12.8. The van der Waals surface area contributed by atoms with E-state index in [1.165, 1.54) is 17.5 Å². The van der Waals surface area contributed by atoms with E-state index in [2.05, 4.69) is 32.0 Å². The first-order valence-corrected chi connectivity index (χ1v) is 6.97. The summed E-state index contributed by atoms with van der Waals surface area (Å²) in [5.41, 5.74) is 2.81. The van der Waals surface area contributed by atoms with Crippen LogP contribution in [0.15, 0.2) is 18.2 Å². The first-order valence-electron chi connectivity index (χ1n) is 6.54. The zero-order valence-electron chi connectivity index (χ0n) is 10.7. The molecule has 0 radical (unpaired) electrons. The number of hydrogen-bond donors (Lipinski definition) is 0. The first-order chi connectivity index (χ1) is 8.15. The molecule has 0 aromatic heterocycles. The highest BCUT2D eigenvalue weighted by molar-refractivity contribution is 6.20. The van der Waals surface area contributed by atoms with Crippen molar-refractivity contribution in [3.8, 4) is 5.75 Å². The van der Waals surface area contributed by atoms with Gasteiger partial charge in [0.25, 0.3) is 0 Å². The molecule has 2 heteroatoms. The Kier molecular flexibility index (Phi) is 4.33. The summed E-state index contributed by atoms with van der Waals surface area (Å²) >= 11 is 6.01. The number of hydrogen-bond acceptors (Lipinski definition) is 1. The number of aryl methyl sites for hydroxylation is 1. The van der Waals surface area contributed by atoms with Gasteiger partial charge >= 0.3 is 0 Å². The third-order valence-electron chi connectivity index (χ3n) is 3.41. The third-order valence-corrected chi connectivity index (χ3v) is 3.59. The number of benzene rings is 1. The summed E-state index contributed by atoms with van der Waals surface area (Å²) in [6.45, 7) is 5.21. The van der Waals surface area contributed by atoms with E-state index in [1.54, 1.807) is 0 Å². The van der Waals surface area contributed by atoms with Crippen LogP contribution in [0.3, 0.4) is 0 Å². The van der Waals surface area contributed by atoms with Crippen LogP contribution in [0.2, 0.25) is 0 Å². The minimum atomic E-state index is 0.290. The van der Waals surface area contributed by atoms with Gasteiger partial charge in [0.2, 0.25) is 0 Å². The SMILES string of the molecule is CC(Cl)CC(C)CCc1ccc2c(c1)CCO2. The second kappa shape index (κ2) is 5.77. The fourth-order valence-corrected chi connectivity index (χ4v) is 2.78. The Labute approximate surface area is 109 Å². The maximum Gasteiger partial charge on any atom is 0.122 e. The zero-order valence-corrected chi connectivity index (χ0v) is 11.5. The second-order valence-corrected chi connectivity index (χ2v) is 5.95. The molecule has 0 saturated heterocycles. The molecule has 2 atom stereocenters. The average Bonchev–Trinajstić information content (AvgIpc) is 2.72.